The number of hydrogen-bond donors (Lipinski definition) is 2. The standard InChI is InChI=1S/C25H21BrN2O4/c26-20-9-7-19(8-10-20)24(29)28-21(14-18-6-11-22-23(15-18)32-16-31-22)25(30)27-13-12-17-4-2-1-3-5-17/h1-11,14-15H,12-13,16H2,(H,27,30)(H,28,29)/b21-14+. The van der Waals surface area contributed by atoms with Crippen LogP contribution in [0.25, 0.3) is 6.08 Å². The Morgan fingerprint density at radius 1 is 0.938 bits per heavy atom. The molecule has 0 radical (unpaired) electrons. The first kappa shape index (κ1) is 21.6. The molecule has 2 amide bonds. The van der Waals surface area contributed by atoms with Gasteiger partial charge in [-0.25, -0.2) is 0 Å². The van der Waals surface area contributed by atoms with E-state index in [-0.39, 0.29) is 24.3 Å². The largest absolute Gasteiger partial charge is 0.454 e. The number of halogens is 1. The second-order valence-electron chi connectivity index (χ2n) is 7.12. The summed E-state index contributed by atoms with van der Waals surface area (Å²) < 4.78 is 11.6. The van der Waals surface area contributed by atoms with Gasteiger partial charge in [0.25, 0.3) is 11.8 Å². The topological polar surface area (TPSA) is 76.7 Å². The number of amides is 2. The fourth-order valence-corrected chi connectivity index (χ4v) is 3.45. The second kappa shape index (κ2) is 10.2. The Morgan fingerprint density at radius 2 is 1.69 bits per heavy atom. The molecule has 0 unspecified atom stereocenters. The highest BCUT2D eigenvalue weighted by Crippen LogP contribution is 2.33. The number of nitrogens with one attached hydrogen (secondary N) is 2. The van der Waals surface area contributed by atoms with Crippen LogP contribution < -0.4 is 20.1 Å². The zero-order valence-corrected chi connectivity index (χ0v) is 18.7. The van der Waals surface area contributed by atoms with E-state index in [9.17, 15) is 9.59 Å². The average molecular weight is 493 g/mol. The molecule has 4 rings (SSSR count). The molecule has 0 aromatic heterocycles. The van der Waals surface area contributed by atoms with E-state index in [1.54, 1.807) is 48.5 Å². The summed E-state index contributed by atoms with van der Waals surface area (Å²) in [6, 6.07) is 22.1. The lowest BCUT2D eigenvalue weighted by Gasteiger charge is -2.12. The first-order valence-electron chi connectivity index (χ1n) is 10.1. The number of hydrogen-bond acceptors (Lipinski definition) is 4. The molecule has 0 aliphatic carbocycles. The fourth-order valence-electron chi connectivity index (χ4n) is 3.18. The minimum atomic E-state index is -0.372. The highest BCUT2D eigenvalue weighted by molar-refractivity contribution is 9.10. The van der Waals surface area contributed by atoms with Gasteiger partial charge in [-0.2, -0.15) is 0 Å². The van der Waals surface area contributed by atoms with Crippen molar-refractivity contribution in [2.24, 2.45) is 0 Å². The molecular formula is C25H21BrN2O4. The summed E-state index contributed by atoms with van der Waals surface area (Å²) in [7, 11) is 0. The van der Waals surface area contributed by atoms with Crippen LogP contribution in [0.15, 0.2) is 83.0 Å². The molecule has 1 heterocycles. The van der Waals surface area contributed by atoms with Gasteiger partial charge < -0.3 is 20.1 Å². The van der Waals surface area contributed by atoms with Crippen LogP contribution in [0.1, 0.15) is 21.5 Å². The van der Waals surface area contributed by atoms with E-state index in [0.29, 0.717) is 35.6 Å². The van der Waals surface area contributed by atoms with Crippen molar-refractivity contribution in [2.75, 3.05) is 13.3 Å². The van der Waals surface area contributed by atoms with Crippen LogP contribution in [0.4, 0.5) is 0 Å². The molecule has 32 heavy (non-hydrogen) atoms. The van der Waals surface area contributed by atoms with Gasteiger partial charge in [0.2, 0.25) is 6.79 Å². The average Bonchev–Trinajstić information content (AvgIpc) is 3.27. The van der Waals surface area contributed by atoms with Gasteiger partial charge in [0, 0.05) is 16.6 Å². The Kier molecular flexibility index (Phi) is 6.87. The van der Waals surface area contributed by atoms with Gasteiger partial charge in [0.1, 0.15) is 5.70 Å². The monoisotopic (exact) mass is 492 g/mol. The molecule has 3 aromatic carbocycles. The third kappa shape index (κ3) is 5.56. The van der Waals surface area contributed by atoms with Crippen molar-refractivity contribution in [1.82, 2.24) is 10.6 Å². The van der Waals surface area contributed by atoms with Crippen LogP contribution in [0, 0.1) is 0 Å². The maximum Gasteiger partial charge on any atom is 0.267 e. The van der Waals surface area contributed by atoms with Gasteiger partial charge in [-0.05, 0) is 60.0 Å². The highest BCUT2D eigenvalue weighted by Gasteiger charge is 2.17. The van der Waals surface area contributed by atoms with Crippen molar-refractivity contribution in [2.45, 2.75) is 6.42 Å². The molecule has 0 spiro atoms. The van der Waals surface area contributed by atoms with E-state index in [0.717, 1.165) is 10.0 Å². The predicted molar refractivity (Wildman–Crippen MR) is 125 cm³/mol. The lowest BCUT2D eigenvalue weighted by atomic mass is 10.1. The van der Waals surface area contributed by atoms with Crippen LogP contribution in [-0.2, 0) is 11.2 Å². The van der Waals surface area contributed by atoms with Crippen LogP contribution >= 0.6 is 15.9 Å². The van der Waals surface area contributed by atoms with Crippen molar-refractivity contribution in [3.05, 3.63) is 99.7 Å². The molecule has 7 heteroatoms. The Bertz CT molecular complexity index is 1140. The van der Waals surface area contributed by atoms with Crippen molar-refractivity contribution in [3.8, 4) is 11.5 Å². The second-order valence-corrected chi connectivity index (χ2v) is 8.04. The fraction of sp³-hybridized carbons (Fsp3) is 0.120. The highest BCUT2D eigenvalue weighted by atomic mass is 79.9. The molecule has 1 aliphatic heterocycles. The Morgan fingerprint density at radius 3 is 2.47 bits per heavy atom. The number of benzene rings is 3. The number of rotatable bonds is 7. The van der Waals surface area contributed by atoms with Crippen LogP contribution in [0.3, 0.4) is 0 Å². The molecular weight excluding hydrogens is 472 g/mol. The Balaban J connectivity index is 1.51. The first-order chi connectivity index (χ1) is 15.6. The molecule has 0 fully saturated rings. The van der Waals surface area contributed by atoms with E-state index in [1.807, 2.05) is 30.3 Å². The lowest BCUT2D eigenvalue weighted by molar-refractivity contribution is -0.117. The molecule has 0 saturated heterocycles. The van der Waals surface area contributed by atoms with Gasteiger partial charge >= 0.3 is 0 Å². The number of fused-ring (bicyclic) bond motifs is 1. The van der Waals surface area contributed by atoms with E-state index in [4.69, 9.17) is 9.47 Å². The van der Waals surface area contributed by atoms with Gasteiger partial charge in [-0.1, -0.05) is 52.3 Å². The third-order valence-corrected chi connectivity index (χ3v) is 5.38. The number of ether oxygens (including phenoxy) is 2. The van der Waals surface area contributed by atoms with Crippen LogP contribution in [-0.4, -0.2) is 25.2 Å². The van der Waals surface area contributed by atoms with E-state index in [1.165, 1.54) is 0 Å². The minimum absolute atomic E-state index is 0.143. The molecule has 162 valence electrons. The van der Waals surface area contributed by atoms with Crippen molar-refractivity contribution >= 4 is 33.8 Å². The lowest BCUT2D eigenvalue weighted by Crippen LogP contribution is -2.35. The van der Waals surface area contributed by atoms with Crippen molar-refractivity contribution in [1.29, 1.82) is 0 Å². The van der Waals surface area contributed by atoms with E-state index in [2.05, 4.69) is 26.6 Å². The van der Waals surface area contributed by atoms with Crippen LogP contribution in [0.5, 0.6) is 11.5 Å². The van der Waals surface area contributed by atoms with Gasteiger partial charge in [0.05, 0.1) is 0 Å². The van der Waals surface area contributed by atoms with Gasteiger partial charge in [-0.3, -0.25) is 9.59 Å². The van der Waals surface area contributed by atoms with Crippen LogP contribution in [0.2, 0.25) is 0 Å². The zero-order chi connectivity index (χ0) is 22.3. The molecule has 0 atom stereocenters. The number of carbonyl (C=O) groups is 2. The summed E-state index contributed by atoms with van der Waals surface area (Å²) in [6.45, 7) is 0.602. The quantitative estimate of drug-likeness (QED) is 0.481. The summed E-state index contributed by atoms with van der Waals surface area (Å²) in [6.07, 6.45) is 2.31. The predicted octanol–water partition coefficient (Wildman–Crippen LogP) is 4.31. The van der Waals surface area contributed by atoms with E-state index < -0.39 is 0 Å². The summed E-state index contributed by atoms with van der Waals surface area (Å²) in [5, 5.41) is 5.62. The third-order valence-electron chi connectivity index (χ3n) is 4.85. The summed E-state index contributed by atoms with van der Waals surface area (Å²) in [4.78, 5) is 25.7. The minimum Gasteiger partial charge on any atom is -0.454 e. The smallest absolute Gasteiger partial charge is 0.267 e. The summed E-state index contributed by atoms with van der Waals surface area (Å²) >= 11 is 3.36. The Labute approximate surface area is 194 Å². The molecule has 3 aromatic rings. The Hall–Kier alpha value is -3.58. The maximum atomic E-state index is 12.9. The number of carbonyl (C=O) groups excluding carboxylic acids is 2. The molecule has 6 nitrogen and oxygen atoms in total. The zero-order valence-electron chi connectivity index (χ0n) is 17.1. The van der Waals surface area contributed by atoms with Crippen molar-refractivity contribution < 1.29 is 19.1 Å². The normalized spacial score (nSPS) is 12.3. The van der Waals surface area contributed by atoms with Gasteiger partial charge in [0.15, 0.2) is 11.5 Å². The molecule has 0 bridgehead atoms. The molecule has 2 N–H and O–H groups in total. The summed E-state index contributed by atoms with van der Waals surface area (Å²) in [5.74, 6) is 0.503. The van der Waals surface area contributed by atoms with Crippen molar-refractivity contribution in [3.63, 3.8) is 0 Å². The molecule has 1 aliphatic rings. The van der Waals surface area contributed by atoms with Gasteiger partial charge in [-0.15, -0.1) is 0 Å². The molecule has 0 saturated carbocycles. The summed E-state index contributed by atoms with van der Waals surface area (Å²) in [5.41, 5.74) is 2.42. The SMILES string of the molecule is O=C(NCCc1ccccc1)/C(=C\c1ccc2c(c1)OCO2)NC(=O)c1ccc(Br)cc1. The van der Waals surface area contributed by atoms with E-state index >= 15 is 0 Å². The maximum absolute atomic E-state index is 12.9. The first-order valence-corrected chi connectivity index (χ1v) is 10.9.